The molecule has 0 amide bonds. The summed E-state index contributed by atoms with van der Waals surface area (Å²) in [5, 5.41) is 3.21. The molecule has 4 saturated carbocycles. The highest BCUT2D eigenvalue weighted by Crippen LogP contribution is 2.56. The third kappa shape index (κ3) is 4.03. The molecule has 1 atom stereocenters. The van der Waals surface area contributed by atoms with Gasteiger partial charge in [0.05, 0.1) is 6.61 Å². The number of nitrogens with one attached hydrogen (secondary N) is 1. The second-order valence-electron chi connectivity index (χ2n) is 7.32. The number of nitrogens with zero attached hydrogens (tertiary/aromatic N) is 1. The molecule has 122 valence electrons. The molecule has 0 aromatic heterocycles. The van der Waals surface area contributed by atoms with Gasteiger partial charge in [0.2, 0.25) is 0 Å². The zero-order valence-corrected chi connectivity index (χ0v) is 15.6. The maximum absolute atomic E-state index is 5.99. The summed E-state index contributed by atoms with van der Waals surface area (Å²) in [4.78, 5) is 4.62. The number of methoxy groups -OCH3 is 1. The van der Waals surface area contributed by atoms with E-state index in [4.69, 9.17) is 10.5 Å². The highest BCUT2D eigenvalue weighted by atomic mass is 127. The Morgan fingerprint density at radius 3 is 2.29 bits per heavy atom. The van der Waals surface area contributed by atoms with Crippen molar-refractivity contribution in [1.82, 2.24) is 5.32 Å². The van der Waals surface area contributed by atoms with Gasteiger partial charge in [-0.15, -0.1) is 24.0 Å². The van der Waals surface area contributed by atoms with E-state index in [0.717, 1.165) is 36.1 Å². The average molecular weight is 407 g/mol. The third-order valence-electron chi connectivity index (χ3n) is 5.71. The van der Waals surface area contributed by atoms with Gasteiger partial charge < -0.3 is 15.8 Å². The van der Waals surface area contributed by atoms with Crippen LogP contribution in [0, 0.1) is 29.6 Å². The smallest absolute Gasteiger partial charge is 0.188 e. The normalized spacial score (nSPS) is 39.0. The van der Waals surface area contributed by atoms with E-state index in [-0.39, 0.29) is 30.0 Å². The maximum atomic E-state index is 5.99. The molecule has 21 heavy (non-hydrogen) atoms. The van der Waals surface area contributed by atoms with Gasteiger partial charge in [-0.3, -0.25) is 4.99 Å². The molecule has 4 nitrogen and oxygen atoms in total. The summed E-state index contributed by atoms with van der Waals surface area (Å²) in [6, 6.07) is 0.224. The first-order valence-corrected chi connectivity index (χ1v) is 8.21. The van der Waals surface area contributed by atoms with E-state index in [2.05, 4.69) is 17.2 Å². The fraction of sp³-hybridized carbons (Fsp3) is 0.938. The molecule has 3 N–H and O–H groups in total. The Bertz CT molecular complexity index is 347. The molecule has 4 aliphatic rings. The van der Waals surface area contributed by atoms with E-state index >= 15 is 0 Å². The molecule has 0 aromatic carbocycles. The van der Waals surface area contributed by atoms with Gasteiger partial charge in [-0.1, -0.05) is 0 Å². The Morgan fingerprint density at radius 2 is 1.76 bits per heavy atom. The van der Waals surface area contributed by atoms with Crippen LogP contribution in [0.25, 0.3) is 0 Å². The van der Waals surface area contributed by atoms with Crippen LogP contribution in [0.2, 0.25) is 0 Å². The van der Waals surface area contributed by atoms with Crippen molar-refractivity contribution >= 4 is 29.9 Å². The van der Waals surface area contributed by atoms with Crippen molar-refractivity contribution in [3.8, 4) is 0 Å². The molecule has 4 aliphatic carbocycles. The number of guanidine groups is 1. The molecule has 4 fully saturated rings. The van der Waals surface area contributed by atoms with Gasteiger partial charge >= 0.3 is 0 Å². The minimum Gasteiger partial charge on any atom is -0.383 e. The highest BCUT2D eigenvalue weighted by Gasteiger charge is 2.47. The Morgan fingerprint density at radius 1 is 1.19 bits per heavy atom. The number of hydrogen-bond acceptors (Lipinski definition) is 2. The second-order valence-corrected chi connectivity index (χ2v) is 7.32. The summed E-state index contributed by atoms with van der Waals surface area (Å²) in [5.41, 5.74) is 5.99. The molecule has 0 saturated heterocycles. The number of aliphatic imine (C=N–C) groups is 1. The van der Waals surface area contributed by atoms with Gasteiger partial charge in [-0.05, 0) is 68.6 Å². The lowest BCUT2D eigenvalue weighted by Gasteiger charge is -2.54. The fourth-order valence-electron chi connectivity index (χ4n) is 5.13. The first-order chi connectivity index (χ1) is 9.65. The molecule has 0 spiro atoms. The van der Waals surface area contributed by atoms with E-state index in [0.29, 0.717) is 12.6 Å². The lowest BCUT2D eigenvalue weighted by molar-refractivity contribution is -0.0320. The van der Waals surface area contributed by atoms with Crippen molar-refractivity contribution in [2.45, 2.75) is 45.1 Å². The number of nitrogens with two attached hydrogens (primary N) is 1. The first kappa shape index (κ1) is 17.3. The highest BCUT2D eigenvalue weighted by molar-refractivity contribution is 14.0. The zero-order valence-electron chi connectivity index (χ0n) is 13.3. The van der Waals surface area contributed by atoms with Crippen LogP contribution in [0.3, 0.4) is 0 Å². The third-order valence-corrected chi connectivity index (χ3v) is 5.71. The predicted octanol–water partition coefficient (Wildman–Crippen LogP) is 2.62. The van der Waals surface area contributed by atoms with Crippen LogP contribution < -0.4 is 11.1 Å². The Hall–Kier alpha value is -0.0400. The van der Waals surface area contributed by atoms with E-state index in [9.17, 15) is 0 Å². The quantitative estimate of drug-likeness (QED) is 0.419. The van der Waals surface area contributed by atoms with Crippen LogP contribution in [0.15, 0.2) is 4.99 Å². The van der Waals surface area contributed by atoms with Gasteiger partial charge in [0.1, 0.15) is 0 Å². The summed E-state index contributed by atoms with van der Waals surface area (Å²) >= 11 is 0. The molecular weight excluding hydrogens is 377 g/mol. The fourth-order valence-corrected chi connectivity index (χ4v) is 5.13. The Labute approximate surface area is 145 Å². The minimum absolute atomic E-state index is 0. The summed E-state index contributed by atoms with van der Waals surface area (Å²) in [7, 11) is 1.71. The Kier molecular flexibility index (Phi) is 6.17. The van der Waals surface area contributed by atoms with Crippen molar-refractivity contribution in [3.63, 3.8) is 0 Å². The largest absolute Gasteiger partial charge is 0.383 e. The van der Waals surface area contributed by atoms with Gasteiger partial charge in [0, 0.05) is 19.7 Å². The molecule has 0 aromatic rings. The number of halogens is 1. The standard InChI is InChI=1S/C16H29N3O.HI/c1-10(9-20-2)19-16(17)18-8-15-13-4-11-3-12(6-13)7-14(15)5-11;/h10-15H,3-9H2,1-2H3,(H3,17,18,19);1H. The molecule has 1 unspecified atom stereocenters. The van der Waals surface area contributed by atoms with Crippen molar-refractivity contribution in [2.75, 3.05) is 20.3 Å². The summed E-state index contributed by atoms with van der Waals surface area (Å²) in [5.74, 6) is 5.31. The van der Waals surface area contributed by atoms with E-state index in [1.54, 1.807) is 7.11 Å². The monoisotopic (exact) mass is 407 g/mol. The summed E-state index contributed by atoms with van der Waals surface area (Å²) in [6.07, 6.45) is 7.35. The van der Waals surface area contributed by atoms with Crippen molar-refractivity contribution < 1.29 is 4.74 Å². The first-order valence-electron chi connectivity index (χ1n) is 8.21. The van der Waals surface area contributed by atoms with Crippen LogP contribution >= 0.6 is 24.0 Å². The minimum atomic E-state index is 0. The SMILES string of the molecule is COCC(C)NC(N)=NCC1C2CC3CC(C2)CC1C3.I. The molecule has 5 heteroatoms. The van der Waals surface area contributed by atoms with E-state index in [1.165, 1.54) is 32.1 Å². The van der Waals surface area contributed by atoms with Gasteiger partial charge in [0.25, 0.3) is 0 Å². The van der Waals surface area contributed by atoms with Gasteiger partial charge in [-0.2, -0.15) is 0 Å². The molecule has 4 bridgehead atoms. The second kappa shape index (κ2) is 7.49. The van der Waals surface area contributed by atoms with Crippen molar-refractivity contribution in [2.24, 2.45) is 40.3 Å². The molecule has 0 radical (unpaired) electrons. The lowest BCUT2D eigenvalue weighted by Crippen LogP contribution is -2.47. The van der Waals surface area contributed by atoms with Crippen molar-refractivity contribution in [3.05, 3.63) is 0 Å². The lowest BCUT2D eigenvalue weighted by atomic mass is 9.52. The Balaban J connectivity index is 0.00000161. The number of rotatable bonds is 5. The topological polar surface area (TPSA) is 59.6 Å². The van der Waals surface area contributed by atoms with Crippen LogP contribution in [0.1, 0.15) is 39.0 Å². The van der Waals surface area contributed by atoms with E-state index in [1.807, 2.05) is 0 Å². The van der Waals surface area contributed by atoms with Crippen LogP contribution in [0.4, 0.5) is 0 Å². The number of hydrogen-bond donors (Lipinski definition) is 2. The van der Waals surface area contributed by atoms with Crippen LogP contribution in [-0.4, -0.2) is 32.3 Å². The van der Waals surface area contributed by atoms with Crippen LogP contribution in [-0.2, 0) is 4.74 Å². The molecule has 0 aliphatic heterocycles. The molecular formula is C16H30IN3O. The summed E-state index contributed by atoms with van der Waals surface area (Å²) in [6.45, 7) is 3.65. The maximum Gasteiger partial charge on any atom is 0.188 e. The molecule has 0 heterocycles. The van der Waals surface area contributed by atoms with Gasteiger partial charge in [-0.25, -0.2) is 0 Å². The predicted molar refractivity (Wildman–Crippen MR) is 96.9 cm³/mol. The van der Waals surface area contributed by atoms with Crippen molar-refractivity contribution in [1.29, 1.82) is 0 Å². The zero-order chi connectivity index (χ0) is 14.1. The van der Waals surface area contributed by atoms with E-state index < -0.39 is 0 Å². The van der Waals surface area contributed by atoms with Crippen LogP contribution in [0.5, 0.6) is 0 Å². The molecule has 4 rings (SSSR count). The number of ether oxygens (including phenoxy) is 1. The average Bonchev–Trinajstić information content (AvgIpc) is 2.37. The summed E-state index contributed by atoms with van der Waals surface area (Å²) < 4.78 is 5.10. The van der Waals surface area contributed by atoms with Gasteiger partial charge in [0.15, 0.2) is 5.96 Å².